The van der Waals surface area contributed by atoms with E-state index in [0.29, 0.717) is 6.04 Å². The first kappa shape index (κ1) is 15.0. The first-order valence-electron chi connectivity index (χ1n) is 8.45. The van der Waals surface area contributed by atoms with Gasteiger partial charge in [0.15, 0.2) is 0 Å². The van der Waals surface area contributed by atoms with Crippen molar-refractivity contribution in [2.75, 3.05) is 13.1 Å². The molecule has 0 bridgehead atoms. The molecule has 1 aromatic heterocycles. The fourth-order valence-corrected chi connectivity index (χ4v) is 3.05. The summed E-state index contributed by atoms with van der Waals surface area (Å²) in [7, 11) is 0. The van der Waals surface area contributed by atoms with Crippen LogP contribution in [-0.4, -0.2) is 35.1 Å². The molecular weight excluding hydrogens is 262 g/mol. The van der Waals surface area contributed by atoms with Gasteiger partial charge in [0, 0.05) is 24.0 Å². The highest BCUT2D eigenvalue weighted by molar-refractivity contribution is 5.06. The van der Waals surface area contributed by atoms with Crippen LogP contribution in [-0.2, 0) is 12.0 Å². The van der Waals surface area contributed by atoms with Crippen molar-refractivity contribution in [3.63, 3.8) is 0 Å². The van der Waals surface area contributed by atoms with E-state index in [-0.39, 0.29) is 5.41 Å². The van der Waals surface area contributed by atoms with Crippen LogP contribution in [0.25, 0.3) is 0 Å². The lowest BCUT2D eigenvalue weighted by molar-refractivity contribution is 0.188. The second-order valence-electron chi connectivity index (χ2n) is 7.68. The van der Waals surface area contributed by atoms with E-state index in [0.717, 1.165) is 30.8 Å². The van der Waals surface area contributed by atoms with E-state index in [1.54, 1.807) is 0 Å². The molecule has 1 N–H and O–H groups in total. The fraction of sp³-hybridized carbons (Fsp3) is 0.824. The Balaban J connectivity index is 1.61. The number of oxazole rings is 1. The normalized spacial score (nSPS) is 23.7. The zero-order valence-corrected chi connectivity index (χ0v) is 13.7. The Bertz CT molecular complexity index is 453. The van der Waals surface area contributed by atoms with Crippen LogP contribution in [0.4, 0.5) is 0 Å². The molecule has 1 aliphatic carbocycles. The first-order chi connectivity index (χ1) is 10.0. The summed E-state index contributed by atoms with van der Waals surface area (Å²) >= 11 is 0. The lowest BCUT2D eigenvalue weighted by Gasteiger charge is -2.30. The second-order valence-corrected chi connectivity index (χ2v) is 7.68. The topological polar surface area (TPSA) is 41.3 Å². The molecule has 118 valence electrons. The number of aromatic nitrogens is 1. The highest BCUT2D eigenvalue weighted by atomic mass is 16.4. The quantitative estimate of drug-likeness (QED) is 0.905. The number of piperidine rings is 1. The molecule has 1 saturated carbocycles. The van der Waals surface area contributed by atoms with Gasteiger partial charge in [-0.05, 0) is 32.2 Å². The van der Waals surface area contributed by atoms with Crippen LogP contribution in [0.5, 0.6) is 0 Å². The van der Waals surface area contributed by atoms with E-state index < -0.39 is 0 Å². The SMILES string of the molecule is CC(C)(C)c1cnc(CN(CC2CCCCN2)C2CC2)o1. The van der Waals surface area contributed by atoms with Crippen molar-refractivity contribution < 1.29 is 4.42 Å². The number of hydrogen-bond acceptors (Lipinski definition) is 4. The Morgan fingerprint density at radius 2 is 2.10 bits per heavy atom. The van der Waals surface area contributed by atoms with Crippen LogP contribution in [0, 0.1) is 0 Å². The van der Waals surface area contributed by atoms with Crippen molar-refractivity contribution in [2.45, 2.75) is 76.9 Å². The van der Waals surface area contributed by atoms with Gasteiger partial charge in [0.1, 0.15) is 5.76 Å². The summed E-state index contributed by atoms with van der Waals surface area (Å²) in [4.78, 5) is 7.07. The number of hydrogen-bond donors (Lipinski definition) is 1. The number of nitrogens with one attached hydrogen (secondary N) is 1. The lowest BCUT2D eigenvalue weighted by Crippen LogP contribution is -2.44. The van der Waals surface area contributed by atoms with E-state index in [1.165, 1.54) is 38.6 Å². The van der Waals surface area contributed by atoms with Crippen LogP contribution in [0.15, 0.2) is 10.6 Å². The molecule has 1 atom stereocenters. The molecule has 0 spiro atoms. The Morgan fingerprint density at radius 3 is 2.67 bits per heavy atom. The maximum Gasteiger partial charge on any atom is 0.208 e. The van der Waals surface area contributed by atoms with Gasteiger partial charge in [-0.2, -0.15) is 0 Å². The molecule has 4 heteroatoms. The van der Waals surface area contributed by atoms with E-state index in [4.69, 9.17) is 4.42 Å². The Kier molecular flexibility index (Phi) is 4.36. The van der Waals surface area contributed by atoms with Gasteiger partial charge < -0.3 is 9.73 Å². The molecule has 1 unspecified atom stereocenters. The molecule has 1 aromatic rings. The molecule has 2 fully saturated rings. The molecule has 0 aromatic carbocycles. The summed E-state index contributed by atoms with van der Waals surface area (Å²) in [6.45, 7) is 9.68. The molecular formula is C17H29N3O. The summed E-state index contributed by atoms with van der Waals surface area (Å²) in [5.74, 6) is 1.87. The van der Waals surface area contributed by atoms with Gasteiger partial charge in [-0.25, -0.2) is 4.98 Å². The van der Waals surface area contributed by atoms with E-state index in [1.807, 2.05) is 6.20 Å². The molecule has 1 saturated heterocycles. The zero-order valence-electron chi connectivity index (χ0n) is 13.7. The predicted octanol–water partition coefficient (Wildman–Crippen LogP) is 3.08. The van der Waals surface area contributed by atoms with Gasteiger partial charge >= 0.3 is 0 Å². The standard InChI is InChI=1S/C17H29N3O/c1-17(2,3)15-10-19-16(21-15)12-20(14-7-8-14)11-13-6-4-5-9-18-13/h10,13-14,18H,4-9,11-12H2,1-3H3. The fourth-order valence-electron chi connectivity index (χ4n) is 3.05. The molecule has 2 heterocycles. The Morgan fingerprint density at radius 1 is 1.29 bits per heavy atom. The summed E-state index contributed by atoms with van der Waals surface area (Å²) in [6, 6.07) is 1.40. The Labute approximate surface area is 128 Å². The third kappa shape index (κ3) is 4.07. The van der Waals surface area contributed by atoms with Crippen molar-refractivity contribution in [3.05, 3.63) is 17.8 Å². The maximum atomic E-state index is 5.97. The Hall–Kier alpha value is -0.870. The van der Waals surface area contributed by atoms with Crippen molar-refractivity contribution >= 4 is 0 Å². The van der Waals surface area contributed by atoms with Gasteiger partial charge in [-0.1, -0.05) is 27.2 Å². The molecule has 4 nitrogen and oxygen atoms in total. The predicted molar refractivity (Wildman–Crippen MR) is 84.3 cm³/mol. The largest absolute Gasteiger partial charge is 0.444 e. The smallest absolute Gasteiger partial charge is 0.208 e. The molecule has 0 radical (unpaired) electrons. The summed E-state index contributed by atoms with van der Waals surface area (Å²) in [5.41, 5.74) is 0.0422. The van der Waals surface area contributed by atoms with Gasteiger partial charge in [-0.15, -0.1) is 0 Å². The van der Waals surface area contributed by atoms with Gasteiger partial charge in [0.25, 0.3) is 0 Å². The second kappa shape index (κ2) is 6.09. The van der Waals surface area contributed by atoms with Crippen molar-refractivity contribution in [1.82, 2.24) is 15.2 Å². The van der Waals surface area contributed by atoms with Gasteiger partial charge in [0.2, 0.25) is 5.89 Å². The average Bonchev–Trinajstić information content (AvgIpc) is 3.17. The van der Waals surface area contributed by atoms with Crippen molar-refractivity contribution in [3.8, 4) is 0 Å². The first-order valence-corrected chi connectivity index (χ1v) is 8.45. The molecule has 0 amide bonds. The molecule has 21 heavy (non-hydrogen) atoms. The minimum absolute atomic E-state index is 0.0422. The average molecular weight is 291 g/mol. The summed E-state index contributed by atoms with van der Waals surface area (Å²) in [5, 5.41) is 3.65. The van der Waals surface area contributed by atoms with Crippen LogP contribution >= 0.6 is 0 Å². The minimum Gasteiger partial charge on any atom is -0.444 e. The van der Waals surface area contributed by atoms with E-state index in [2.05, 4.69) is 36.0 Å². The van der Waals surface area contributed by atoms with E-state index in [9.17, 15) is 0 Å². The van der Waals surface area contributed by atoms with E-state index >= 15 is 0 Å². The van der Waals surface area contributed by atoms with Gasteiger partial charge in [0.05, 0.1) is 12.7 Å². The van der Waals surface area contributed by atoms with Crippen LogP contribution in [0.3, 0.4) is 0 Å². The van der Waals surface area contributed by atoms with Crippen LogP contribution in [0.1, 0.15) is 64.5 Å². The lowest BCUT2D eigenvalue weighted by atomic mass is 9.94. The minimum atomic E-state index is 0.0422. The molecule has 1 aliphatic heterocycles. The zero-order chi connectivity index (χ0) is 14.9. The van der Waals surface area contributed by atoms with Crippen LogP contribution < -0.4 is 5.32 Å². The maximum absolute atomic E-state index is 5.97. The van der Waals surface area contributed by atoms with Crippen molar-refractivity contribution in [1.29, 1.82) is 0 Å². The number of rotatable bonds is 5. The van der Waals surface area contributed by atoms with Crippen molar-refractivity contribution in [2.24, 2.45) is 0 Å². The third-order valence-corrected chi connectivity index (χ3v) is 4.56. The third-order valence-electron chi connectivity index (χ3n) is 4.56. The molecule has 3 rings (SSSR count). The highest BCUT2D eigenvalue weighted by Crippen LogP contribution is 2.30. The van der Waals surface area contributed by atoms with Gasteiger partial charge in [-0.3, -0.25) is 4.90 Å². The summed E-state index contributed by atoms with van der Waals surface area (Å²) < 4.78 is 5.97. The number of nitrogens with zero attached hydrogens (tertiary/aromatic N) is 2. The monoisotopic (exact) mass is 291 g/mol. The summed E-state index contributed by atoms with van der Waals surface area (Å²) in [6.07, 6.45) is 8.57. The molecule has 2 aliphatic rings. The highest BCUT2D eigenvalue weighted by Gasteiger charge is 2.32. The van der Waals surface area contributed by atoms with Crippen LogP contribution in [0.2, 0.25) is 0 Å².